The number of ether oxygens (including phenoxy) is 1. The van der Waals surface area contributed by atoms with Crippen LogP contribution in [0.1, 0.15) is 4.88 Å². The van der Waals surface area contributed by atoms with Crippen LogP contribution >= 0.6 is 27.3 Å². The zero-order chi connectivity index (χ0) is 11.5. The van der Waals surface area contributed by atoms with Crippen molar-refractivity contribution in [1.82, 2.24) is 0 Å². The molecule has 0 saturated carbocycles. The maximum atomic E-state index is 13.2. The van der Waals surface area contributed by atoms with Crippen molar-refractivity contribution in [3.63, 3.8) is 0 Å². The molecule has 16 heavy (non-hydrogen) atoms. The molecule has 84 valence electrons. The monoisotopic (exact) mass is 304 g/mol. The Morgan fingerprint density at radius 1 is 1.19 bits per heavy atom. The molecule has 0 fully saturated rings. The van der Waals surface area contributed by atoms with Crippen molar-refractivity contribution in [2.75, 3.05) is 0 Å². The number of thiophene rings is 1. The lowest BCUT2D eigenvalue weighted by Gasteiger charge is -2.05. The van der Waals surface area contributed by atoms with Crippen LogP contribution in [0.2, 0.25) is 0 Å². The fourth-order valence-corrected chi connectivity index (χ4v) is 2.57. The number of benzene rings is 1. The first-order chi connectivity index (χ1) is 7.66. The molecule has 1 aromatic carbocycles. The molecule has 0 aliphatic carbocycles. The van der Waals surface area contributed by atoms with Gasteiger partial charge in [0.2, 0.25) is 5.82 Å². The first-order valence-corrected chi connectivity index (χ1v) is 6.09. The van der Waals surface area contributed by atoms with Crippen LogP contribution < -0.4 is 4.74 Å². The molecule has 0 unspecified atom stereocenters. The number of hydrogen-bond donors (Lipinski definition) is 0. The number of rotatable bonds is 3. The van der Waals surface area contributed by atoms with Crippen molar-refractivity contribution in [3.8, 4) is 5.75 Å². The maximum absolute atomic E-state index is 13.2. The van der Waals surface area contributed by atoms with Crippen LogP contribution in [0.25, 0.3) is 0 Å². The Morgan fingerprint density at radius 2 is 2.00 bits per heavy atom. The van der Waals surface area contributed by atoms with Gasteiger partial charge in [0.15, 0.2) is 11.6 Å². The van der Waals surface area contributed by atoms with Gasteiger partial charge in [-0.2, -0.15) is 4.39 Å². The molecule has 1 aromatic heterocycles. The summed E-state index contributed by atoms with van der Waals surface area (Å²) in [6.07, 6.45) is 0. The van der Waals surface area contributed by atoms with Crippen molar-refractivity contribution in [3.05, 3.63) is 50.6 Å². The second-order valence-corrected chi connectivity index (χ2v) is 5.59. The van der Waals surface area contributed by atoms with E-state index in [9.17, 15) is 8.78 Å². The molecule has 0 saturated heterocycles. The quantitative estimate of drug-likeness (QED) is 0.818. The highest BCUT2D eigenvalue weighted by atomic mass is 79.9. The van der Waals surface area contributed by atoms with E-state index in [0.717, 1.165) is 14.7 Å². The molecule has 5 heteroatoms. The van der Waals surface area contributed by atoms with Crippen LogP contribution in [0.5, 0.6) is 5.75 Å². The highest BCUT2D eigenvalue weighted by Gasteiger charge is 2.09. The Labute approximate surface area is 104 Å². The molecule has 0 atom stereocenters. The molecule has 0 spiro atoms. The molecular formula is C11H7BrF2OS. The largest absolute Gasteiger partial charge is 0.485 e. The van der Waals surface area contributed by atoms with Gasteiger partial charge in [-0.05, 0) is 40.2 Å². The third-order valence-corrected chi connectivity index (χ3v) is 3.51. The molecule has 0 N–H and O–H groups in total. The summed E-state index contributed by atoms with van der Waals surface area (Å²) in [5.74, 6) is -1.91. The summed E-state index contributed by atoms with van der Waals surface area (Å²) in [5.41, 5.74) is 0. The van der Waals surface area contributed by atoms with E-state index in [1.807, 2.05) is 12.1 Å². The second-order valence-electron chi connectivity index (χ2n) is 3.05. The van der Waals surface area contributed by atoms with Crippen LogP contribution in [0.4, 0.5) is 8.78 Å². The van der Waals surface area contributed by atoms with E-state index in [1.165, 1.54) is 23.5 Å². The van der Waals surface area contributed by atoms with E-state index in [4.69, 9.17) is 4.74 Å². The van der Waals surface area contributed by atoms with Crippen molar-refractivity contribution in [1.29, 1.82) is 0 Å². The highest BCUT2D eigenvalue weighted by molar-refractivity contribution is 9.11. The van der Waals surface area contributed by atoms with Crippen LogP contribution in [0, 0.1) is 11.6 Å². The number of halogens is 3. The molecular weight excluding hydrogens is 298 g/mol. The van der Waals surface area contributed by atoms with E-state index in [0.29, 0.717) is 0 Å². The second kappa shape index (κ2) is 4.93. The lowest BCUT2D eigenvalue weighted by Crippen LogP contribution is -1.96. The van der Waals surface area contributed by atoms with Crippen LogP contribution in [0.15, 0.2) is 34.1 Å². The lowest BCUT2D eigenvalue weighted by atomic mass is 10.3. The predicted molar refractivity (Wildman–Crippen MR) is 62.7 cm³/mol. The zero-order valence-corrected chi connectivity index (χ0v) is 10.4. The molecule has 1 nitrogen and oxygen atoms in total. The average molecular weight is 305 g/mol. The fraction of sp³-hybridized carbons (Fsp3) is 0.0909. The SMILES string of the molecule is Fc1cccc(OCc2ccc(Br)s2)c1F. The Bertz CT molecular complexity index is 498. The first kappa shape index (κ1) is 11.5. The van der Waals surface area contributed by atoms with Gasteiger partial charge in [0.25, 0.3) is 0 Å². The van der Waals surface area contributed by atoms with Crippen LogP contribution in [-0.4, -0.2) is 0 Å². The summed E-state index contributed by atoms with van der Waals surface area (Å²) < 4.78 is 32.2. The van der Waals surface area contributed by atoms with E-state index in [2.05, 4.69) is 15.9 Å². The van der Waals surface area contributed by atoms with Gasteiger partial charge in [-0.25, -0.2) is 4.39 Å². The van der Waals surface area contributed by atoms with E-state index in [1.54, 1.807) is 0 Å². The predicted octanol–water partition coefficient (Wildman–Crippen LogP) is 4.37. The van der Waals surface area contributed by atoms with E-state index >= 15 is 0 Å². The van der Waals surface area contributed by atoms with Crippen molar-refractivity contribution >= 4 is 27.3 Å². The van der Waals surface area contributed by atoms with Crippen molar-refractivity contribution in [2.24, 2.45) is 0 Å². The molecule has 2 aromatic rings. The molecule has 0 aliphatic heterocycles. The standard InChI is InChI=1S/C11H7BrF2OS/c12-10-5-4-7(16-10)6-15-9-3-1-2-8(13)11(9)14/h1-5H,6H2. The van der Waals surface area contributed by atoms with Gasteiger partial charge < -0.3 is 4.74 Å². The van der Waals surface area contributed by atoms with Gasteiger partial charge in [0.1, 0.15) is 6.61 Å². The molecule has 0 bridgehead atoms. The minimum absolute atomic E-state index is 0.0653. The van der Waals surface area contributed by atoms with Gasteiger partial charge in [-0.3, -0.25) is 0 Å². The summed E-state index contributed by atoms with van der Waals surface area (Å²) >= 11 is 4.81. The summed E-state index contributed by atoms with van der Waals surface area (Å²) in [5, 5.41) is 0. The van der Waals surface area contributed by atoms with Gasteiger partial charge in [-0.15, -0.1) is 11.3 Å². The average Bonchev–Trinajstić information content (AvgIpc) is 2.67. The summed E-state index contributed by atoms with van der Waals surface area (Å²) in [6.45, 7) is 0.233. The smallest absolute Gasteiger partial charge is 0.200 e. The Balaban J connectivity index is 2.07. The highest BCUT2D eigenvalue weighted by Crippen LogP contribution is 2.25. The van der Waals surface area contributed by atoms with Gasteiger partial charge in [0, 0.05) is 4.88 Å². The van der Waals surface area contributed by atoms with E-state index in [-0.39, 0.29) is 12.4 Å². The summed E-state index contributed by atoms with van der Waals surface area (Å²) in [6, 6.07) is 7.63. The Hall–Kier alpha value is -0.940. The molecule has 2 rings (SSSR count). The van der Waals surface area contributed by atoms with Crippen LogP contribution in [-0.2, 0) is 6.61 Å². The van der Waals surface area contributed by atoms with Crippen molar-refractivity contribution < 1.29 is 13.5 Å². The van der Waals surface area contributed by atoms with E-state index < -0.39 is 11.6 Å². The summed E-state index contributed by atoms with van der Waals surface area (Å²) in [4.78, 5) is 0.940. The Kier molecular flexibility index (Phi) is 3.56. The normalized spacial score (nSPS) is 10.4. The van der Waals surface area contributed by atoms with Crippen LogP contribution in [0.3, 0.4) is 0 Å². The fourth-order valence-electron chi connectivity index (χ4n) is 1.17. The first-order valence-electron chi connectivity index (χ1n) is 4.48. The third-order valence-electron chi connectivity index (χ3n) is 1.91. The topological polar surface area (TPSA) is 9.23 Å². The third kappa shape index (κ3) is 2.59. The maximum Gasteiger partial charge on any atom is 0.200 e. The number of hydrogen-bond acceptors (Lipinski definition) is 2. The molecule has 0 radical (unpaired) electrons. The minimum atomic E-state index is -0.946. The van der Waals surface area contributed by atoms with Gasteiger partial charge in [-0.1, -0.05) is 6.07 Å². The molecule has 0 aliphatic rings. The zero-order valence-electron chi connectivity index (χ0n) is 8.04. The van der Waals surface area contributed by atoms with Gasteiger partial charge in [0.05, 0.1) is 3.79 Å². The lowest BCUT2D eigenvalue weighted by molar-refractivity contribution is 0.287. The molecule has 1 heterocycles. The Morgan fingerprint density at radius 3 is 2.69 bits per heavy atom. The van der Waals surface area contributed by atoms with Crippen molar-refractivity contribution in [2.45, 2.75) is 6.61 Å². The summed E-state index contributed by atoms with van der Waals surface area (Å²) in [7, 11) is 0. The molecule has 0 amide bonds. The minimum Gasteiger partial charge on any atom is -0.485 e. The van der Waals surface area contributed by atoms with Gasteiger partial charge >= 0.3 is 0 Å².